The van der Waals surface area contributed by atoms with E-state index in [1.165, 1.54) is 6.07 Å². The Morgan fingerprint density at radius 3 is 2.66 bits per heavy atom. The molecule has 7 heteroatoms. The molecule has 0 aromatic heterocycles. The van der Waals surface area contributed by atoms with Crippen molar-refractivity contribution in [2.24, 2.45) is 5.10 Å². The summed E-state index contributed by atoms with van der Waals surface area (Å²) in [6, 6.07) is 22.2. The van der Waals surface area contributed by atoms with Crippen molar-refractivity contribution in [2.45, 2.75) is 18.7 Å². The lowest BCUT2D eigenvalue weighted by Gasteiger charge is -2.38. The van der Waals surface area contributed by atoms with Crippen LogP contribution in [0.15, 0.2) is 90.6 Å². The standard InChI is InChI=1S/C25H21N3O4/c1-2-14-31-20-11-8-17(9-12-20)22-16-23-21-15-19(28(29)30)10-13-24(21)32-25(27(23)26-22)18-6-4-3-5-7-18/h2-13,15,23,25H,1,14,16H2/t23-,25-/m1/s1. The van der Waals surface area contributed by atoms with Crippen molar-refractivity contribution in [3.05, 3.63) is 112 Å². The topological polar surface area (TPSA) is 77.2 Å². The van der Waals surface area contributed by atoms with Crippen LogP contribution in [0.25, 0.3) is 0 Å². The van der Waals surface area contributed by atoms with Crippen LogP contribution in [0.5, 0.6) is 11.5 Å². The van der Waals surface area contributed by atoms with E-state index < -0.39 is 6.23 Å². The molecule has 3 aromatic rings. The fourth-order valence-electron chi connectivity index (χ4n) is 4.10. The van der Waals surface area contributed by atoms with Crippen LogP contribution in [0, 0.1) is 10.1 Å². The third-order valence-electron chi connectivity index (χ3n) is 5.62. The summed E-state index contributed by atoms with van der Waals surface area (Å²) in [6.07, 6.45) is 1.91. The molecule has 2 atom stereocenters. The average Bonchev–Trinajstić information content (AvgIpc) is 3.28. The smallest absolute Gasteiger partial charge is 0.270 e. The van der Waals surface area contributed by atoms with Gasteiger partial charge < -0.3 is 9.47 Å². The third-order valence-corrected chi connectivity index (χ3v) is 5.62. The molecule has 2 heterocycles. The van der Waals surface area contributed by atoms with Crippen molar-refractivity contribution in [3.8, 4) is 11.5 Å². The predicted octanol–water partition coefficient (Wildman–Crippen LogP) is 5.40. The van der Waals surface area contributed by atoms with Crippen LogP contribution in [0.2, 0.25) is 0 Å². The SMILES string of the molecule is C=CCOc1ccc(C2=NN3[C@H](C2)c2cc([N+](=O)[O-])ccc2O[C@@H]3c2ccccc2)cc1. The molecule has 2 aliphatic rings. The van der Waals surface area contributed by atoms with Gasteiger partial charge in [0.2, 0.25) is 6.23 Å². The van der Waals surface area contributed by atoms with E-state index in [9.17, 15) is 10.1 Å². The highest BCUT2D eigenvalue weighted by atomic mass is 16.6. The predicted molar refractivity (Wildman–Crippen MR) is 121 cm³/mol. The van der Waals surface area contributed by atoms with E-state index >= 15 is 0 Å². The summed E-state index contributed by atoms with van der Waals surface area (Å²) >= 11 is 0. The summed E-state index contributed by atoms with van der Waals surface area (Å²) in [5.41, 5.74) is 3.66. The minimum atomic E-state index is -0.414. The molecule has 3 aromatic carbocycles. The number of fused-ring (bicyclic) bond motifs is 3. The van der Waals surface area contributed by atoms with E-state index in [4.69, 9.17) is 14.6 Å². The van der Waals surface area contributed by atoms with Crippen LogP contribution in [0.1, 0.15) is 35.4 Å². The van der Waals surface area contributed by atoms with Gasteiger partial charge in [-0.1, -0.05) is 43.0 Å². The molecule has 0 aliphatic carbocycles. The molecule has 160 valence electrons. The van der Waals surface area contributed by atoms with Gasteiger partial charge in [0.05, 0.1) is 16.7 Å². The van der Waals surface area contributed by atoms with Crippen molar-refractivity contribution in [2.75, 3.05) is 6.61 Å². The summed E-state index contributed by atoms with van der Waals surface area (Å²) in [5.74, 6) is 1.41. The van der Waals surface area contributed by atoms with Crippen molar-refractivity contribution >= 4 is 11.4 Å². The quantitative estimate of drug-likeness (QED) is 0.299. The van der Waals surface area contributed by atoms with Gasteiger partial charge in [-0.15, -0.1) is 0 Å². The minimum Gasteiger partial charge on any atom is -0.490 e. The molecule has 0 saturated carbocycles. The number of benzene rings is 3. The molecule has 5 rings (SSSR count). The van der Waals surface area contributed by atoms with E-state index in [1.807, 2.05) is 59.6 Å². The zero-order valence-corrected chi connectivity index (χ0v) is 17.3. The Bertz CT molecular complexity index is 1190. The Balaban J connectivity index is 1.52. The Labute approximate surface area is 185 Å². The number of nitro benzene ring substituents is 1. The van der Waals surface area contributed by atoms with Crippen LogP contribution in [0.3, 0.4) is 0 Å². The van der Waals surface area contributed by atoms with E-state index in [2.05, 4.69) is 6.58 Å². The van der Waals surface area contributed by atoms with Crippen molar-refractivity contribution in [1.82, 2.24) is 5.01 Å². The Hall–Kier alpha value is -4.13. The highest BCUT2D eigenvalue weighted by Crippen LogP contribution is 2.48. The van der Waals surface area contributed by atoms with E-state index in [1.54, 1.807) is 18.2 Å². The van der Waals surface area contributed by atoms with Gasteiger partial charge in [0, 0.05) is 29.7 Å². The molecule has 0 radical (unpaired) electrons. The molecule has 0 amide bonds. The van der Waals surface area contributed by atoms with Gasteiger partial charge in [-0.3, -0.25) is 10.1 Å². The van der Waals surface area contributed by atoms with Crippen molar-refractivity contribution in [3.63, 3.8) is 0 Å². The summed E-state index contributed by atoms with van der Waals surface area (Å²) < 4.78 is 11.9. The summed E-state index contributed by atoms with van der Waals surface area (Å²) in [4.78, 5) is 11.0. The molecule has 0 N–H and O–H groups in total. The second-order valence-corrected chi connectivity index (χ2v) is 7.63. The number of ether oxygens (including phenoxy) is 2. The molecule has 32 heavy (non-hydrogen) atoms. The van der Waals surface area contributed by atoms with Crippen LogP contribution in [0.4, 0.5) is 5.69 Å². The lowest BCUT2D eigenvalue weighted by Crippen LogP contribution is -2.33. The second-order valence-electron chi connectivity index (χ2n) is 7.63. The number of rotatable bonds is 6. The molecular weight excluding hydrogens is 406 g/mol. The maximum Gasteiger partial charge on any atom is 0.270 e. The Morgan fingerprint density at radius 2 is 1.94 bits per heavy atom. The molecular formula is C25H21N3O4. The zero-order chi connectivity index (χ0) is 22.1. The van der Waals surface area contributed by atoms with Gasteiger partial charge in [0.15, 0.2) is 0 Å². The van der Waals surface area contributed by atoms with E-state index in [0.717, 1.165) is 28.2 Å². The highest BCUT2D eigenvalue weighted by molar-refractivity contribution is 6.02. The fraction of sp³-hybridized carbons (Fsp3) is 0.160. The average molecular weight is 427 g/mol. The first-order chi connectivity index (χ1) is 15.6. The number of non-ortho nitro benzene ring substituents is 1. The molecule has 0 unspecified atom stereocenters. The van der Waals surface area contributed by atoms with Crippen LogP contribution in [-0.2, 0) is 0 Å². The van der Waals surface area contributed by atoms with Gasteiger partial charge in [0.25, 0.3) is 5.69 Å². The maximum absolute atomic E-state index is 11.4. The number of hydrogen-bond donors (Lipinski definition) is 0. The first kappa shape index (κ1) is 19.8. The monoisotopic (exact) mass is 427 g/mol. The van der Waals surface area contributed by atoms with Gasteiger partial charge in [-0.05, 0) is 35.9 Å². The minimum absolute atomic E-state index is 0.0441. The lowest BCUT2D eigenvalue weighted by molar-refractivity contribution is -0.385. The second kappa shape index (κ2) is 8.19. The lowest BCUT2D eigenvalue weighted by atomic mass is 9.95. The molecule has 0 bridgehead atoms. The molecule has 0 saturated heterocycles. The van der Waals surface area contributed by atoms with Gasteiger partial charge in [0.1, 0.15) is 18.1 Å². The Kier molecular flexibility index (Phi) is 5.07. The van der Waals surface area contributed by atoms with Crippen LogP contribution >= 0.6 is 0 Å². The molecule has 0 spiro atoms. The van der Waals surface area contributed by atoms with Crippen molar-refractivity contribution in [1.29, 1.82) is 0 Å². The van der Waals surface area contributed by atoms with Crippen molar-refractivity contribution < 1.29 is 14.4 Å². The van der Waals surface area contributed by atoms with Gasteiger partial charge in [-0.2, -0.15) is 5.10 Å². The van der Waals surface area contributed by atoms with Gasteiger partial charge in [-0.25, -0.2) is 5.01 Å². The number of hydrazone groups is 1. The zero-order valence-electron chi connectivity index (χ0n) is 17.3. The third kappa shape index (κ3) is 3.58. The number of nitro groups is 1. The first-order valence-electron chi connectivity index (χ1n) is 10.3. The largest absolute Gasteiger partial charge is 0.490 e. The van der Waals surface area contributed by atoms with Gasteiger partial charge >= 0.3 is 0 Å². The summed E-state index contributed by atoms with van der Waals surface area (Å²) in [7, 11) is 0. The first-order valence-corrected chi connectivity index (χ1v) is 10.3. The Morgan fingerprint density at radius 1 is 1.16 bits per heavy atom. The molecule has 2 aliphatic heterocycles. The van der Waals surface area contributed by atoms with Crippen LogP contribution in [-0.4, -0.2) is 22.3 Å². The highest BCUT2D eigenvalue weighted by Gasteiger charge is 2.41. The normalized spacial score (nSPS) is 18.8. The fourth-order valence-corrected chi connectivity index (χ4v) is 4.10. The number of hydrogen-bond acceptors (Lipinski definition) is 6. The summed E-state index contributed by atoms with van der Waals surface area (Å²) in [5, 5.41) is 18.2. The number of nitrogens with zero attached hydrogens (tertiary/aromatic N) is 3. The van der Waals surface area contributed by atoms with Crippen LogP contribution < -0.4 is 9.47 Å². The maximum atomic E-state index is 11.4. The van der Waals surface area contributed by atoms with E-state index in [0.29, 0.717) is 18.8 Å². The molecule has 7 nitrogen and oxygen atoms in total. The van der Waals surface area contributed by atoms with E-state index in [-0.39, 0.29) is 16.7 Å². The molecule has 0 fully saturated rings. The summed E-state index contributed by atoms with van der Waals surface area (Å²) in [6.45, 7) is 4.11.